The molecule has 1 aliphatic carbocycles. The van der Waals surface area contributed by atoms with Gasteiger partial charge in [0.1, 0.15) is 0 Å². The minimum absolute atomic E-state index is 0.0102. The molecule has 0 heterocycles. The van der Waals surface area contributed by atoms with Crippen LogP contribution in [0.5, 0.6) is 0 Å². The molecule has 1 rings (SSSR count). The van der Waals surface area contributed by atoms with E-state index in [0.717, 1.165) is 12.3 Å². The van der Waals surface area contributed by atoms with Crippen molar-refractivity contribution in [1.82, 2.24) is 5.32 Å². The minimum Gasteiger partial charge on any atom is -0.377 e. The Hall–Kier alpha value is -0.0800. The van der Waals surface area contributed by atoms with Gasteiger partial charge in [0.2, 0.25) is 0 Å². The van der Waals surface area contributed by atoms with E-state index in [9.17, 15) is 0 Å². The maximum atomic E-state index is 5.77. The van der Waals surface area contributed by atoms with Crippen LogP contribution in [0.25, 0.3) is 0 Å². The number of hydrogen-bond acceptors (Lipinski definition) is 2. The topological polar surface area (TPSA) is 21.3 Å². The normalized spacial score (nSPS) is 24.8. The van der Waals surface area contributed by atoms with E-state index in [1.165, 1.54) is 38.5 Å². The van der Waals surface area contributed by atoms with Crippen molar-refractivity contribution < 1.29 is 4.74 Å². The summed E-state index contributed by atoms with van der Waals surface area (Å²) in [6, 6.07) is 0.501. The molecule has 0 saturated heterocycles. The SMILES string of the molecule is CCC(C)(OC)C(NC)C1CCCCCC1. The highest BCUT2D eigenvalue weighted by molar-refractivity contribution is 4.92. The number of nitrogens with one attached hydrogen (secondary N) is 1. The van der Waals surface area contributed by atoms with E-state index in [0.29, 0.717) is 6.04 Å². The highest BCUT2D eigenvalue weighted by Crippen LogP contribution is 2.33. The molecule has 0 aromatic heterocycles. The summed E-state index contributed by atoms with van der Waals surface area (Å²) in [5.74, 6) is 0.789. The molecule has 0 spiro atoms. The summed E-state index contributed by atoms with van der Waals surface area (Å²) in [5.41, 5.74) is -0.0102. The van der Waals surface area contributed by atoms with Crippen LogP contribution in [-0.4, -0.2) is 25.8 Å². The first-order chi connectivity index (χ1) is 7.68. The minimum atomic E-state index is -0.0102. The predicted molar refractivity (Wildman–Crippen MR) is 69.7 cm³/mol. The van der Waals surface area contributed by atoms with Gasteiger partial charge in [-0.1, -0.05) is 32.6 Å². The molecule has 0 aliphatic heterocycles. The van der Waals surface area contributed by atoms with E-state index in [1.807, 2.05) is 7.11 Å². The Balaban J connectivity index is 2.70. The molecule has 1 fully saturated rings. The lowest BCUT2D eigenvalue weighted by Gasteiger charge is -2.40. The van der Waals surface area contributed by atoms with E-state index in [2.05, 4.69) is 26.2 Å². The van der Waals surface area contributed by atoms with Gasteiger partial charge in [0.05, 0.1) is 5.60 Å². The van der Waals surface area contributed by atoms with Crippen molar-refractivity contribution in [2.45, 2.75) is 70.4 Å². The number of hydrogen-bond donors (Lipinski definition) is 1. The second-order valence-corrected chi connectivity index (χ2v) is 5.39. The molecule has 1 aliphatic rings. The van der Waals surface area contributed by atoms with Crippen LogP contribution in [-0.2, 0) is 4.74 Å². The van der Waals surface area contributed by atoms with Crippen molar-refractivity contribution in [3.8, 4) is 0 Å². The molecular weight excluding hydrogens is 198 g/mol. The first kappa shape index (κ1) is 14.0. The Bertz CT molecular complexity index is 181. The molecular formula is C14H29NO. The van der Waals surface area contributed by atoms with Gasteiger partial charge in [-0.05, 0) is 39.2 Å². The first-order valence-electron chi connectivity index (χ1n) is 6.90. The van der Waals surface area contributed by atoms with Gasteiger partial charge >= 0.3 is 0 Å². The van der Waals surface area contributed by atoms with E-state index in [4.69, 9.17) is 4.74 Å². The van der Waals surface area contributed by atoms with Crippen LogP contribution in [0.3, 0.4) is 0 Å². The zero-order chi connectivity index (χ0) is 12.0. The summed E-state index contributed by atoms with van der Waals surface area (Å²) in [6.45, 7) is 4.48. The highest BCUT2D eigenvalue weighted by Gasteiger charge is 2.36. The standard InChI is InChI=1S/C14H29NO/c1-5-14(2,16-4)13(15-3)12-10-8-6-7-9-11-12/h12-13,15H,5-11H2,1-4H3. The average Bonchev–Trinajstić information content (AvgIpc) is 2.58. The third kappa shape index (κ3) is 3.21. The monoisotopic (exact) mass is 227 g/mol. The molecule has 2 heteroatoms. The fraction of sp³-hybridized carbons (Fsp3) is 1.00. The van der Waals surface area contributed by atoms with Gasteiger partial charge in [-0.2, -0.15) is 0 Å². The average molecular weight is 227 g/mol. The van der Waals surface area contributed by atoms with Crippen LogP contribution >= 0.6 is 0 Å². The summed E-state index contributed by atoms with van der Waals surface area (Å²) in [4.78, 5) is 0. The Morgan fingerprint density at radius 1 is 1.25 bits per heavy atom. The number of rotatable bonds is 5. The van der Waals surface area contributed by atoms with Gasteiger partial charge < -0.3 is 10.1 Å². The number of ether oxygens (including phenoxy) is 1. The molecule has 16 heavy (non-hydrogen) atoms. The van der Waals surface area contributed by atoms with Crippen LogP contribution in [0.15, 0.2) is 0 Å². The van der Waals surface area contributed by atoms with Crippen molar-refractivity contribution in [3.63, 3.8) is 0 Å². The summed E-state index contributed by atoms with van der Waals surface area (Å²) >= 11 is 0. The Morgan fingerprint density at radius 3 is 2.19 bits per heavy atom. The Kier molecular flexibility index (Phi) is 5.77. The Labute approximate surface area is 101 Å². The third-order valence-electron chi connectivity index (χ3n) is 4.51. The molecule has 0 radical (unpaired) electrons. The van der Waals surface area contributed by atoms with Crippen molar-refractivity contribution in [2.24, 2.45) is 5.92 Å². The lowest BCUT2D eigenvalue weighted by atomic mass is 9.80. The fourth-order valence-corrected chi connectivity index (χ4v) is 3.18. The zero-order valence-electron chi connectivity index (χ0n) is 11.5. The second kappa shape index (κ2) is 6.61. The van der Waals surface area contributed by atoms with Crippen LogP contribution in [0, 0.1) is 5.92 Å². The molecule has 1 saturated carbocycles. The van der Waals surface area contributed by atoms with Crippen LogP contribution in [0.4, 0.5) is 0 Å². The lowest BCUT2D eigenvalue weighted by molar-refractivity contribution is -0.0452. The lowest BCUT2D eigenvalue weighted by Crippen LogP contribution is -2.52. The molecule has 96 valence electrons. The molecule has 2 unspecified atom stereocenters. The van der Waals surface area contributed by atoms with Gasteiger partial charge in [-0.15, -0.1) is 0 Å². The second-order valence-electron chi connectivity index (χ2n) is 5.39. The third-order valence-corrected chi connectivity index (χ3v) is 4.51. The maximum absolute atomic E-state index is 5.77. The predicted octanol–water partition coefficient (Wildman–Crippen LogP) is 3.36. The fourth-order valence-electron chi connectivity index (χ4n) is 3.18. The molecule has 0 bridgehead atoms. The maximum Gasteiger partial charge on any atom is 0.0802 e. The van der Waals surface area contributed by atoms with Crippen molar-refractivity contribution in [3.05, 3.63) is 0 Å². The summed E-state index contributed by atoms with van der Waals surface area (Å²) in [5, 5.41) is 3.52. The number of likely N-dealkylation sites (N-methyl/N-ethyl adjacent to an activating group) is 1. The first-order valence-corrected chi connectivity index (χ1v) is 6.90. The highest BCUT2D eigenvalue weighted by atomic mass is 16.5. The van der Waals surface area contributed by atoms with Gasteiger partial charge in [0.25, 0.3) is 0 Å². The molecule has 0 aromatic rings. The molecule has 2 nitrogen and oxygen atoms in total. The van der Waals surface area contributed by atoms with Crippen LogP contribution in [0.1, 0.15) is 58.8 Å². The zero-order valence-corrected chi connectivity index (χ0v) is 11.5. The van der Waals surface area contributed by atoms with E-state index < -0.39 is 0 Å². The van der Waals surface area contributed by atoms with Crippen molar-refractivity contribution in [2.75, 3.05) is 14.2 Å². The van der Waals surface area contributed by atoms with Crippen LogP contribution in [0.2, 0.25) is 0 Å². The van der Waals surface area contributed by atoms with E-state index >= 15 is 0 Å². The van der Waals surface area contributed by atoms with Gasteiger partial charge in [0.15, 0.2) is 0 Å². The molecule has 2 atom stereocenters. The van der Waals surface area contributed by atoms with Gasteiger partial charge in [0, 0.05) is 13.2 Å². The van der Waals surface area contributed by atoms with E-state index in [-0.39, 0.29) is 5.60 Å². The molecule has 0 amide bonds. The van der Waals surface area contributed by atoms with E-state index in [1.54, 1.807) is 0 Å². The van der Waals surface area contributed by atoms with Gasteiger partial charge in [-0.25, -0.2) is 0 Å². The summed E-state index contributed by atoms with van der Waals surface area (Å²) < 4.78 is 5.77. The quantitative estimate of drug-likeness (QED) is 0.727. The molecule has 1 N–H and O–H groups in total. The van der Waals surface area contributed by atoms with Crippen molar-refractivity contribution in [1.29, 1.82) is 0 Å². The molecule has 0 aromatic carbocycles. The van der Waals surface area contributed by atoms with Crippen molar-refractivity contribution >= 4 is 0 Å². The smallest absolute Gasteiger partial charge is 0.0802 e. The summed E-state index contributed by atoms with van der Waals surface area (Å²) in [7, 11) is 3.94. The largest absolute Gasteiger partial charge is 0.377 e. The summed E-state index contributed by atoms with van der Waals surface area (Å²) in [6.07, 6.45) is 9.44. The number of methoxy groups -OCH3 is 1. The van der Waals surface area contributed by atoms with Crippen LogP contribution < -0.4 is 5.32 Å². The Morgan fingerprint density at radius 2 is 1.81 bits per heavy atom. The van der Waals surface area contributed by atoms with Gasteiger partial charge in [-0.3, -0.25) is 0 Å².